The van der Waals surface area contributed by atoms with Gasteiger partial charge < -0.3 is 26.0 Å². The fourth-order valence-electron chi connectivity index (χ4n) is 2.86. The second-order valence-electron chi connectivity index (χ2n) is 7.29. The van der Waals surface area contributed by atoms with Crippen LogP contribution >= 0.6 is 0 Å². The summed E-state index contributed by atoms with van der Waals surface area (Å²) in [4.78, 5) is 26.4. The molecule has 0 aromatic heterocycles. The number of nitrogen functional groups attached to an aromatic ring is 1. The fourth-order valence-corrected chi connectivity index (χ4v) is 2.86. The van der Waals surface area contributed by atoms with E-state index in [1.807, 2.05) is 20.8 Å². The molecule has 0 unspecified atom stereocenters. The van der Waals surface area contributed by atoms with Gasteiger partial charge in [-0.15, -0.1) is 0 Å². The SMILES string of the molecule is CNc1ccc(C(=O)N2CCC[C@@H](NC(=O)OC(C)(C)C)C2)cc1N. The first-order valence-electron chi connectivity index (χ1n) is 8.55. The van der Waals surface area contributed by atoms with E-state index in [9.17, 15) is 9.59 Å². The summed E-state index contributed by atoms with van der Waals surface area (Å²) in [5.74, 6) is -0.0787. The van der Waals surface area contributed by atoms with Crippen molar-refractivity contribution in [3.8, 4) is 0 Å². The molecule has 1 atom stereocenters. The molecule has 2 rings (SSSR count). The van der Waals surface area contributed by atoms with E-state index in [2.05, 4.69) is 10.6 Å². The van der Waals surface area contributed by atoms with Crippen LogP contribution in [0.3, 0.4) is 0 Å². The van der Waals surface area contributed by atoms with Crippen LogP contribution < -0.4 is 16.4 Å². The molecule has 1 fully saturated rings. The van der Waals surface area contributed by atoms with Gasteiger partial charge in [-0.1, -0.05) is 0 Å². The maximum Gasteiger partial charge on any atom is 0.407 e. The van der Waals surface area contributed by atoms with Gasteiger partial charge in [0.05, 0.1) is 11.4 Å². The Hall–Kier alpha value is -2.44. The van der Waals surface area contributed by atoms with Crippen molar-refractivity contribution in [2.24, 2.45) is 0 Å². The number of nitrogens with zero attached hydrogens (tertiary/aromatic N) is 1. The van der Waals surface area contributed by atoms with E-state index >= 15 is 0 Å². The lowest BCUT2D eigenvalue weighted by atomic mass is 10.0. The van der Waals surface area contributed by atoms with Crippen molar-refractivity contribution >= 4 is 23.4 Å². The van der Waals surface area contributed by atoms with Gasteiger partial charge in [0.1, 0.15) is 5.60 Å². The van der Waals surface area contributed by atoms with Crippen LogP contribution in [0.2, 0.25) is 0 Å². The van der Waals surface area contributed by atoms with Crippen molar-refractivity contribution in [1.82, 2.24) is 10.2 Å². The van der Waals surface area contributed by atoms with Gasteiger partial charge in [0.25, 0.3) is 5.91 Å². The predicted molar refractivity (Wildman–Crippen MR) is 98.7 cm³/mol. The molecule has 1 aliphatic heterocycles. The first-order chi connectivity index (χ1) is 11.7. The van der Waals surface area contributed by atoms with E-state index in [0.29, 0.717) is 24.3 Å². The van der Waals surface area contributed by atoms with Crippen molar-refractivity contribution in [3.63, 3.8) is 0 Å². The number of carbonyl (C=O) groups excluding carboxylic acids is 2. The molecular formula is C18H28N4O3. The molecular weight excluding hydrogens is 320 g/mol. The monoisotopic (exact) mass is 348 g/mol. The van der Waals surface area contributed by atoms with Crippen LogP contribution in [0.5, 0.6) is 0 Å². The van der Waals surface area contributed by atoms with E-state index < -0.39 is 11.7 Å². The number of piperidine rings is 1. The molecule has 0 bridgehead atoms. The first-order valence-corrected chi connectivity index (χ1v) is 8.55. The number of amides is 2. The zero-order chi connectivity index (χ0) is 18.6. The van der Waals surface area contributed by atoms with Crippen molar-refractivity contribution < 1.29 is 14.3 Å². The minimum Gasteiger partial charge on any atom is -0.444 e. The maximum atomic E-state index is 12.7. The van der Waals surface area contributed by atoms with Crippen LogP contribution in [-0.2, 0) is 4.74 Å². The summed E-state index contributed by atoms with van der Waals surface area (Å²) in [6.45, 7) is 6.60. The second-order valence-corrected chi connectivity index (χ2v) is 7.29. The van der Waals surface area contributed by atoms with Crippen molar-refractivity contribution in [1.29, 1.82) is 0 Å². The summed E-state index contributed by atoms with van der Waals surface area (Å²) in [5, 5.41) is 5.83. The molecule has 7 heteroatoms. The molecule has 1 heterocycles. The van der Waals surface area contributed by atoms with Crippen molar-refractivity contribution in [3.05, 3.63) is 23.8 Å². The zero-order valence-electron chi connectivity index (χ0n) is 15.4. The third kappa shape index (κ3) is 5.27. The summed E-state index contributed by atoms with van der Waals surface area (Å²) >= 11 is 0. The predicted octanol–water partition coefficient (Wildman–Crippen LogP) is 2.44. The van der Waals surface area contributed by atoms with Gasteiger partial charge in [-0.2, -0.15) is 0 Å². The highest BCUT2D eigenvalue weighted by Gasteiger charge is 2.27. The molecule has 0 aliphatic carbocycles. The number of carbonyl (C=O) groups is 2. The summed E-state index contributed by atoms with van der Waals surface area (Å²) in [5.41, 5.74) is 7.28. The molecule has 138 valence electrons. The van der Waals surface area contributed by atoms with Crippen LogP contribution in [0.4, 0.5) is 16.2 Å². The van der Waals surface area contributed by atoms with E-state index in [1.165, 1.54) is 0 Å². The molecule has 1 aromatic carbocycles. The van der Waals surface area contributed by atoms with Crippen molar-refractivity contribution in [2.45, 2.75) is 45.3 Å². The maximum absolute atomic E-state index is 12.7. The number of hydrogen-bond donors (Lipinski definition) is 3. The van der Waals surface area contributed by atoms with Gasteiger partial charge in [0.2, 0.25) is 0 Å². The smallest absolute Gasteiger partial charge is 0.407 e. The van der Waals surface area contributed by atoms with E-state index in [1.54, 1.807) is 30.1 Å². The van der Waals surface area contributed by atoms with Gasteiger partial charge in [0, 0.05) is 31.7 Å². The molecule has 25 heavy (non-hydrogen) atoms. The summed E-state index contributed by atoms with van der Waals surface area (Å²) in [6, 6.07) is 5.12. The summed E-state index contributed by atoms with van der Waals surface area (Å²) in [6.07, 6.45) is 1.20. The average Bonchev–Trinajstić information content (AvgIpc) is 2.52. The van der Waals surface area contributed by atoms with Crippen molar-refractivity contribution in [2.75, 3.05) is 31.2 Å². The fraction of sp³-hybridized carbons (Fsp3) is 0.556. The number of alkyl carbamates (subject to hydrolysis) is 1. The Labute approximate surface area is 148 Å². The third-order valence-corrected chi connectivity index (χ3v) is 4.00. The minimum absolute atomic E-state index is 0.0787. The normalized spacial score (nSPS) is 17.8. The van der Waals surface area contributed by atoms with Crippen LogP contribution in [0, 0.1) is 0 Å². The van der Waals surface area contributed by atoms with Crippen LogP contribution in [0.1, 0.15) is 44.0 Å². The molecule has 2 amide bonds. The van der Waals surface area contributed by atoms with E-state index in [-0.39, 0.29) is 11.9 Å². The highest BCUT2D eigenvalue weighted by Crippen LogP contribution is 2.21. The number of ether oxygens (including phenoxy) is 1. The van der Waals surface area contributed by atoms with E-state index in [4.69, 9.17) is 10.5 Å². The lowest BCUT2D eigenvalue weighted by molar-refractivity contribution is 0.0452. The molecule has 1 saturated heterocycles. The number of nitrogens with two attached hydrogens (primary N) is 1. The number of benzene rings is 1. The largest absolute Gasteiger partial charge is 0.444 e. The van der Waals surface area contributed by atoms with Gasteiger partial charge in [-0.25, -0.2) is 4.79 Å². The Bertz CT molecular complexity index is 640. The highest BCUT2D eigenvalue weighted by atomic mass is 16.6. The molecule has 0 radical (unpaired) electrons. The topological polar surface area (TPSA) is 96.7 Å². The van der Waals surface area contributed by atoms with Crippen LogP contribution in [0.25, 0.3) is 0 Å². The van der Waals surface area contributed by atoms with Gasteiger partial charge in [-0.05, 0) is 51.8 Å². The first kappa shape index (κ1) is 18.9. The summed E-state index contributed by atoms with van der Waals surface area (Å²) in [7, 11) is 1.78. The Balaban J connectivity index is 1.99. The standard InChI is InChI=1S/C18H28N4O3/c1-18(2,3)25-17(24)21-13-6-5-9-22(11-13)16(23)12-7-8-15(20-4)14(19)10-12/h7-8,10,13,20H,5-6,9,11,19H2,1-4H3,(H,21,24)/t13-/m1/s1. The van der Waals surface area contributed by atoms with Gasteiger partial charge >= 0.3 is 6.09 Å². The quantitative estimate of drug-likeness (QED) is 0.729. The number of likely N-dealkylation sites (tertiary alicyclic amines) is 1. The van der Waals surface area contributed by atoms with Gasteiger partial charge in [0.15, 0.2) is 0 Å². The second kappa shape index (κ2) is 7.63. The number of anilines is 2. The number of nitrogens with one attached hydrogen (secondary N) is 2. The summed E-state index contributed by atoms with van der Waals surface area (Å²) < 4.78 is 5.29. The highest BCUT2D eigenvalue weighted by molar-refractivity contribution is 5.96. The molecule has 0 spiro atoms. The van der Waals surface area contributed by atoms with Crippen LogP contribution in [0.15, 0.2) is 18.2 Å². The van der Waals surface area contributed by atoms with Crippen LogP contribution in [-0.4, -0.2) is 48.7 Å². The third-order valence-electron chi connectivity index (χ3n) is 4.00. The lowest BCUT2D eigenvalue weighted by Crippen LogP contribution is -2.50. The Morgan fingerprint density at radius 2 is 2.04 bits per heavy atom. The zero-order valence-corrected chi connectivity index (χ0v) is 15.4. The lowest BCUT2D eigenvalue weighted by Gasteiger charge is -2.33. The molecule has 1 aromatic rings. The van der Waals surface area contributed by atoms with E-state index in [0.717, 1.165) is 18.5 Å². The molecule has 0 saturated carbocycles. The number of rotatable bonds is 3. The molecule has 4 N–H and O–H groups in total. The molecule has 1 aliphatic rings. The average molecular weight is 348 g/mol. The molecule has 7 nitrogen and oxygen atoms in total. The Kier molecular flexibility index (Phi) is 5.77. The minimum atomic E-state index is -0.541. The number of hydrogen-bond acceptors (Lipinski definition) is 5. The Morgan fingerprint density at radius 3 is 2.64 bits per heavy atom. The Morgan fingerprint density at radius 1 is 1.32 bits per heavy atom. The van der Waals surface area contributed by atoms with Gasteiger partial charge in [-0.3, -0.25) is 4.79 Å².